The van der Waals surface area contributed by atoms with Crippen molar-refractivity contribution in [2.24, 2.45) is 10.9 Å². The number of guanidine groups is 1. The van der Waals surface area contributed by atoms with Crippen molar-refractivity contribution < 1.29 is 9.47 Å². The fraction of sp³-hybridized carbons (Fsp3) is 0.682. The molecule has 2 fully saturated rings. The van der Waals surface area contributed by atoms with Gasteiger partial charge >= 0.3 is 0 Å². The van der Waals surface area contributed by atoms with E-state index in [1.807, 2.05) is 7.05 Å². The predicted molar refractivity (Wildman–Crippen MR) is 110 cm³/mol. The summed E-state index contributed by atoms with van der Waals surface area (Å²) in [5, 5.41) is 7.01. The molecular weight excluding hydrogens is 338 g/mol. The number of benzene rings is 1. The average Bonchev–Trinajstić information content (AvgIpc) is 2.72. The Kier molecular flexibility index (Phi) is 7.96. The minimum atomic E-state index is 0.345. The van der Waals surface area contributed by atoms with Crippen LogP contribution in [0.25, 0.3) is 0 Å². The van der Waals surface area contributed by atoms with Crippen LogP contribution in [0.1, 0.15) is 56.6 Å². The molecule has 1 aromatic rings. The summed E-state index contributed by atoms with van der Waals surface area (Å²) < 4.78 is 11.4. The lowest BCUT2D eigenvalue weighted by Crippen LogP contribution is -2.44. The SMILES string of the molecule is CN=C(NCc1ccc(COC2CCOCC2)cc1)NC1CCC(C)CC1. The largest absolute Gasteiger partial charge is 0.381 e. The Morgan fingerprint density at radius 2 is 1.70 bits per heavy atom. The smallest absolute Gasteiger partial charge is 0.191 e. The first-order valence-electron chi connectivity index (χ1n) is 10.5. The monoisotopic (exact) mass is 373 g/mol. The number of hydrogen-bond acceptors (Lipinski definition) is 3. The summed E-state index contributed by atoms with van der Waals surface area (Å²) in [5.74, 6) is 1.77. The second kappa shape index (κ2) is 10.7. The fourth-order valence-corrected chi connectivity index (χ4v) is 3.79. The van der Waals surface area contributed by atoms with Gasteiger partial charge in [-0.25, -0.2) is 0 Å². The zero-order valence-corrected chi connectivity index (χ0v) is 16.9. The topological polar surface area (TPSA) is 54.9 Å². The molecule has 1 aromatic carbocycles. The molecule has 0 amide bonds. The molecule has 0 atom stereocenters. The average molecular weight is 374 g/mol. The van der Waals surface area contributed by atoms with Crippen LogP contribution >= 0.6 is 0 Å². The number of hydrogen-bond donors (Lipinski definition) is 2. The van der Waals surface area contributed by atoms with Gasteiger partial charge in [0.25, 0.3) is 0 Å². The van der Waals surface area contributed by atoms with Crippen molar-refractivity contribution in [2.45, 2.75) is 70.7 Å². The fourth-order valence-electron chi connectivity index (χ4n) is 3.79. The van der Waals surface area contributed by atoms with Gasteiger partial charge in [0, 0.05) is 32.8 Å². The lowest BCUT2D eigenvalue weighted by molar-refractivity contribution is -0.0390. The van der Waals surface area contributed by atoms with E-state index in [-0.39, 0.29) is 0 Å². The van der Waals surface area contributed by atoms with Crippen molar-refractivity contribution in [3.63, 3.8) is 0 Å². The highest BCUT2D eigenvalue weighted by Crippen LogP contribution is 2.23. The third-order valence-electron chi connectivity index (χ3n) is 5.72. The highest BCUT2D eigenvalue weighted by molar-refractivity contribution is 5.79. The van der Waals surface area contributed by atoms with Gasteiger partial charge in [0.15, 0.2) is 5.96 Å². The van der Waals surface area contributed by atoms with Crippen molar-refractivity contribution in [3.8, 4) is 0 Å². The third-order valence-corrected chi connectivity index (χ3v) is 5.72. The molecule has 1 aliphatic carbocycles. The summed E-state index contributed by atoms with van der Waals surface area (Å²) in [7, 11) is 1.84. The van der Waals surface area contributed by atoms with Gasteiger partial charge in [0.2, 0.25) is 0 Å². The van der Waals surface area contributed by atoms with E-state index < -0.39 is 0 Å². The van der Waals surface area contributed by atoms with Crippen molar-refractivity contribution in [1.82, 2.24) is 10.6 Å². The molecule has 0 unspecified atom stereocenters. The summed E-state index contributed by atoms with van der Waals surface area (Å²) >= 11 is 0. The molecule has 3 rings (SSSR count). The van der Waals surface area contributed by atoms with E-state index in [0.717, 1.165) is 44.5 Å². The minimum Gasteiger partial charge on any atom is -0.381 e. The molecule has 0 bridgehead atoms. The number of aliphatic imine (C=N–C) groups is 1. The minimum absolute atomic E-state index is 0.345. The van der Waals surface area contributed by atoms with Gasteiger partial charge in [-0.2, -0.15) is 0 Å². The zero-order valence-electron chi connectivity index (χ0n) is 16.9. The van der Waals surface area contributed by atoms with E-state index in [4.69, 9.17) is 9.47 Å². The molecule has 5 nitrogen and oxygen atoms in total. The van der Waals surface area contributed by atoms with Crippen LogP contribution in [0.4, 0.5) is 0 Å². The van der Waals surface area contributed by atoms with Gasteiger partial charge in [-0.05, 0) is 55.6 Å². The number of nitrogens with one attached hydrogen (secondary N) is 2. The Morgan fingerprint density at radius 1 is 1.04 bits per heavy atom. The molecule has 2 aliphatic rings. The van der Waals surface area contributed by atoms with E-state index in [2.05, 4.69) is 46.8 Å². The molecule has 2 N–H and O–H groups in total. The zero-order chi connectivity index (χ0) is 18.9. The first kappa shape index (κ1) is 20.2. The van der Waals surface area contributed by atoms with Crippen LogP contribution in [0.3, 0.4) is 0 Å². The van der Waals surface area contributed by atoms with Crippen molar-refractivity contribution in [3.05, 3.63) is 35.4 Å². The summed E-state index contributed by atoms with van der Waals surface area (Å²) in [4.78, 5) is 4.38. The van der Waals surface area contributed by atoms with E-state index in [0.29, 0.717) is 18.8 Å². The third kappa shape index (κ3) is 6.82. The van der Waals surface area contributed by atoms with Gasteiger partial charge in [-0.15, -0.1) is 0 Å². The molecule has 1 saturated heterocycles. The van der Waals surface area contributed by atoms with E-state index in [1.54, 1.807) is 0 Å². The van der Waals surface area contributed by atoms with Gasteiger partial charge in [-0.1, -0.05) is 31.2 Å². The quantitative estimate of drug-likeness (QED) is 0.591. The normalized spacial score (nSPS) is 24.6. The Labute approximate surface area is 163 Å². The molecule has 1 aliphatic heterocycles. The van der Waals surface area contributed by atoms with Crippen LogP contribution in [0.2, 0.25) is 0 Å². The maximum Gasteiger partial charge on any atom is 0.191 e. The second-order valence-electron chi connectivity index (χ2n) is 7.97. The molecule has 0 radical (unpaired) electrons. The molecule has 1 heterocycles. The lowest BCUT2D eigenvalue weighted by atomic mass is 9.87. The lowest BCUT2D eigenvalue weighted by Gasteiger charge is -2.28. The Balaban J connectivity index is 1.39. The van der Waals surface area contributed by atoms with Gasteiger partial charge < -0.3 is 20.1 Å². The molecule has 1 saturated carbocycles. The Morgan fingerprint density at radius 3 is 2.37 bits per heavy atom. The summed E-state index contributed by atoms with van der Waals surface area (Å²) in [6.45, 7) is 5.46. The van der Waals surface area contributed by atoms with Gasteiger partial charge in [0.1, 0.15) is 0 Å². The molecule has 150 valence electrons. The maximum atomic E-state index is 5.99. The molecular formula is C22H35N3O2. The Hall–Kier alpha value is -1.59. The second-order valence-corrected chi connectivity index (χ2v) is 7.97. The molecule has 27 heavy (non-hydrogen) atoms. The van der Waals surface area contributed by atoms with Crippen LogP contribution < -0.4 is 10.6 Å². The number of ether oxygens (including phenoxy) is 2. The van der Waals surface area contributed by atoms with Crippen LogP contribution in [-0.2, 0) is 22.6 Å². The standard InChI is InChI=1S/C22H35N3O2/c1-17-3-9-20(10-4-17)25-22(23-2)24-15-18-5-7-19(8-6-18)16-27-21-11-13-26-14-12-21/h5-8,17,20-21H,3-4,9-16H2,1-2H3,(H2,23,24,25). The van der Waals surface area contributed by atoms with Crippen LogP contribution in [0, 0.1) is 5.92 Å². The van der Waals surface area contributed by atoms with Crippen LogP contribution in [-0.4, -0.2) is 38.4 Å². The highest BCUT2D eigenvalue weighted by atomic mass is 16.5. The van der Waals surface area contributed by atoms with Crippen molar-refractivity contribution in [2.75, 3.05) is 20.3 Å². The summed E-state index contributed by atoms with van der Waals surface area (Å²) in [6.07, 6.45) is 7.46. The van der Waals surface area contributed by atoms with Crippen molar-refractivity contribution in [1.29, 1.82) is 0 Å². The first-order valence-corrected chi connectivity index (χ1v) is 10.5. The summed E-state index contributed by atoms with van der Waals surface area (Å²) in [6, 6.07) is 9.22. The van der Waals surface area contributed by atoms with E-state index in [9.17, 15) is 0 Å². The molecule has 0 aromatic heterocycles. The van der Waals surface area contributed by atoms with E-state index in [1.165, 1.54) is 36.8 Å². The first-order chi connectivity index (χ1) is 13.2. The van der Waals surface area contributed by atoms with Crippen LogP contribution in [0.15, 0.2) is 29.3 Å². The predicted octanol–water partition coefficient (Wildman–Crippen LogP) is 3.63. The van der Waals surface area contributed by atoms with Gasteiger partial charge in [0.05, 0.1) is 12.7 Å². The highest BCUT2D eigenvalue weighted by Gasteiger charge is 2.18. The van der Waals surface area contributed by atoms with E-state index >= 15 is 0 Å². The maximum absolute atomic E-state index is 5.99. The van der Waals surface area contributed by atoms with Crippen molar-refractivity contribution >= 4 is 5.96 Å². The van der Waals surface area contributed by atoms with Gasteiger partial charge in [-0.3, -0.25) is 4.99 Å². The summed E-state index contributed by atoms with van der Waals surface area (Å²) in [5.41, 5.74) is 2.48. The molecule has 0 spiro atoms. The Bertz CT molecular complexity index is 574. The number of rotatable bonds is 6. The number of nitrogens with zero attached hydrogens (tertiary/aromatic N) is 1. The molecule has 5 heteroatoms. The van der Waals surface area contributed by atoms with Crippen LogP contribution in [0.5, 0.6) is 0 Å².